The highest BCUT2D eigenvalue weighted by Gasteiger charge is 2.49. The molecule has 2 aromatic heterocycles. The Morgan fingerprint density at radius 3 is 2.31 bits per heavy atom. The van der Waals surface area contributed by atoms with Crippen LogP contribution in [-0.2, 0) is 0 Å². The quantitative estimate of drug-likeness (QED) is 0.224. The minimum absolute atomic E-state index is 0.0923. The molecule has 2 aliphatic heterocycles. The lowest BCUT2D eigenvalue weighted by atomic mass is 9.82. The SMILES string of the molecule is c1ccc(N2B3N(c4ccccc4-c4nccn43)c3cc(-c4ccc5oc6ccccc6c5c4)ccc32)cc1. The molecular formula is C33H21BN4O. The highest BCUT2D eigenvalue weighted by atomic mass is 16.3. The molecule has 7 aromatic rings. The molecule has 0 saturated heterocycles. The van der Waals surface area contributed by atoms with E-state index >= 15 is 0 Å². The largest absolute Gasteiger partial charge is 0.519 e. The number of benzene rings is 5. The van der Waals surface area contributed by atoms with E-state index in [1.807, 2.05) is 18.3 Å². The Kier molecular flexibility index (Phi) is 4.08. The first-order valence-electron chi connectivity index (χ1n) is 13.2. The van der Waals surface area contributed by atoms with E-state index in [0.717, 1.165) is 44.7 Å². The molecule has 6 heteroatoms. The zero-order chi connectivity index (χ0) is 25.5. The highest BCUT2D eigenvalue weighted by Crippen LogP contribution is 2.52. The fourth-order valence-electron chi connectivity index (χ4n) is 6.31. The summed E-state index contributed by atoms with van der Waals surface area (Å²) in [6, 6.07) is 40.7. The third-order valence-corrected chi connectivity index (χ3v) is 8.02. The molecular weight excluding hydrogens is 479 g/mol. The average Bonchev–Trinajstić information content (AvgIpc) is 3.71. The minimum atomic E-state index is -0.0923. The third-order valence-electron chi connectivity index (χ3n) is 8.02. The fraction of sp³-hybridized carbons (Fsp3) is 0. The van der Waals surface area contributed by atoms with Gasteiger partial charge in [0.1, 0.15) is 17.0 Å². The zero-order valence-corrected chi connectivity index (χ0v) is 20.9. The first-order valence-corrected chi connectivity index (χ1v) is 13.2. The number of para-hydroxylation sites is 3. The Morgan fingerprint density at radius 1 is 0.590 bits per heavy atom. The van der Waals surface area contributed by atoms with Crippen molar-refractivity contribution in [1.29, 1.82) is 0 Å². The van der Waals surface area contributed by atoms with Crippen LogP contribution in [0.1, 0.15) is 0 Å². The summed E-state index contributed by atoms with van der Waals surface area (Å²) < 4.78 is 8.37. The van der Waals surface area contributed by atoms with E-state index in [0.29, 0.717) is 0 Å². The number of fused-ring (bicyclic) bond motifs is 11. The Morgan fingerprint density at radius 2 is 1.36 bits per heavy atom. The van der Waals surface area contributed by atoms with Gasteiger partial charge in [-0.05, 0) is 65.7 Å². The molecule has 39 heavy (non-hydrogen) atoms. The van der Waals surface area contributed by atoms with Gasteiger partial charge in [0.25, 0.3) is 0 Å². The Balaban J connectivity index is 1.28. The number of furan rings is 1. The van der Waals surface area contributed by atoms with Crippen molar-refractivity contribution in [3.8, 4) is 22.5 Å². The molecule has 5 nitrogen and oxygen atoms in total. The van der Waals surface area contributed by atoms with Crippen molar-refractivity contribution in [3.63, 3.8) is 0 Å². The molecule has 0 amide bonds. The molecule has 182 valence electrons. The summed E-state index contributed by atoms with van der Waals surface area (Å²) in [5, 5.41) is 2.28. The minimum Gasteiger partial charge on any atom is -0.456 e. The molecule has 9 rings (SSSR count). The fourth-order valence-corrected chi connectivity index (χ4v) is 6.31. The maximum absolute atomic E-state index is 6.09. The summed E-state index contributed by atoms with van der Waals surface area (Å²) in [7, 11) is -0.0923. The second kappa shape index (κ2) is 7.65. The molecule has 0 aliphatic carbocycles. The van der Waals surface area contributed by atoms with Gasteiger partial charge < -0.3 is 18.5 Å². The van der Waals surface area contributed by atoms with Crippen molar-refractivity contribution in [3.05, 3.63) is 128 Å². The number of hydrogen-bond donors (Lipinski definition) is 0. The first-order chi connectivity index (χ1) is 19.3. The topological polar surface area (TPSA) is 37.4 Å². The van der Waals surface area contributed by atoms with Gasteiger partial charge in [-0.1, -0.05) is 60.7 Å². The lowest BCUT2D eigenvalue weighted by molar-refractivity contribution is 0.669. The highest BCUT2D eigenvalue weighted by molar-refractivity contribution is 6.73. The van der Waals surface area contributed by atoms with Crippen LogP contribution in [0.15, 0.2) is 132 Å². The van der Waals surface area contributed by atoms with Crippen LogP contribution < -0.4 is 9.62 Å². The van der Waals surface area contributed by atoms with Crippen molar-refractivity contribution in [2.24, 2.45) is 0 Å². The van der Waals surface area contributed by atoms with E-state index in [-0.39, 0.29) is 7.12 Å². The van der Waals surface area contributed by atoms with Crippen LogP contribution in [-0.4, -0.2) is 16.6 Å². The van der Waals surface area contributed by atoms with Gasteiger partial charge in [0.15, 0.2) is 0 Å². The van der Waals surface area contributed by atoms with Gasteiger partial charge in [-0.2, -0.15) is 0 Å². The maximum atomic E-state index is 6.09. The van der Waals surface area contributed by atoms with E-state index in [4.69, 9.17) is 9.40 Å². The van der Waals surface area contributed by atoms with Crippen LogP contribution in [0.3, 0.4) is 0 Å². The number of aromatic nitrogens is 2. The Labute approximate surface area is 225 Å². The Bertz CT molecular complexity index is 2060. The lowest BCUT2D eigenvalue weighted by Gasteiger charge is -2.35. The molecule has 0 spiro atoms. The zero-order valence-electron chi connectivity index (χ0n) is 20.9. The normalized spacial score (nSPS) is 13.5. The molecule has 0 saturated carbocycles. The molecule has 0 N–H and O–H groups in total. The van der Waals surface area contributed by atoms with Crippen LogP contribution >= 0.6 is 0 Å². The molecule has 0 unspecified atom stereocenters. The monoisotopic (exact) mass is 500 g/mol. The lowest BCUT2D eigenvalue weighted by Crippen LogP contribution is -2.51. The van der Waals surface area contributed by atoms with Crippen LogP contribution in [0.2, 0.25) is 0 Å². The number of anilines is 4. The van der Waals surface area contributed by atoms with Gasteiger partial charge in [-0.3, -0.25) is 0 Å². The number of hydrogen-bond acceptors (Lipinski definition) is 4. The molecule has 0 fully saturated rings. The van der Waals surface area contributed by atoms with Crippen molar-refractivity contribution in [2.45, 2.75) is 0 Å². The Hall–Kier alpha value is -5.23. The summed E-state index contributed by atoms with van der Waals surface area (Å²) in [5.41, 5.74) is 9.94. The van der Waals surface area contributed by atoms with Crippen molar-refractivity contribution >= 4 is 51.8 Å². The van der Waals surface area contributed by atoms with Crippen molar-refractivity contribution in [2.75, 3.05) is 9.62 Å². The maximum Gasteiger partial charge on any atom is 0.519 e. The third kappa shape index (κ3) is 2.83. The van der Waals surface area contributed by atoms with Crippen molar-refractivity contribution in [1.82, 2.24) is 9.46 Å². The molecule has 0 radical (unpaired) electrons. The van der Waals surface area contributed by atoms with Crippen LogP contribution in [0.25, 0.3) is 44.5 Å². The summed E-state index contributed by atoms with van der Waals surface area (Å²) in [4.78, 5) is 9.62. The summed E-state index contributed by atoms with van der Waals surface area (Å²) in [6.07, 6.45) is 3.99. The summed E-state index contributed by atoms with van der Waals surface area (Å²) >= 11 is 0. The first kappa shape index (κ1) is 20.8. The number of nitrogens with zero attached hydrogens (tertiary/aromatic N) is 4. The molecule has 4 heterocycles. The van der Waals surface area contributed by atoms with E-state index in [1.54, 1.807) is 0 Å². The predicted octanol–water partition coefficient (Wildman–Crippen LogP) is 8.25. The second-order valence-electron chi connectivity index (χ2n) is 10.1. The summed E-state index contributed by atoms with van der Waals surface area (Å²) in [5.74, 6) is 0.984. The van der Waals surface area contributed by atoms with E-state index in [1.165, 1.54) is 22.5 Å². The smallest absolute Gasteiger partial charge is 0.456 e. The van der Waals surface area contributed by atoms with Crippen molar-refractivity contribution < 1.29 is 4.42 Å². The van der Waals surface area contributed by atoms with E-state index in [2.05, 4.69) is 123 Å². The van der Waals surface area contributed by atoms with E-state index in [9.17, 15) is 0 Å². The van der Waals surface area contributed by atoms with Gasteiger partial charge in [0.2, 0.25) is 0 Å². The second-order valence-corrected chi connectivity index (χ2v) is 10.1. The van der Waals surface area contributed by atoms with Gasteiger partial charge in [0.05, 0.1) is 11.4 Å². The van der Waals surface area contributed by atoms with E-state index < -0.39 is 0 Å². The van der Waals surface area contributed by atoms with Crippen LogP contribution in [0.4, 0.5) is 22.7 Å². The van der Waals surface area contributed by atoms with Gasteiger partial charge in [-0.15, -0.1) is 0 Å². The molecule has 0 bridgehead atoms. The van der Waals surface area contributed by atoms with Crippen LogP contribution in [0, 0.1) is 0 Å². The predicted molar refractivity (Wildman–Crippen MR) is 159 cm³/mol. The molecule has 2 aliphatic rings. The average molecular weight is 500 g/mol. The molecule has 5 aromatic carbocycles. The standard InChI is InChI=1S/C33H21BN4O/c1-2-8-24(9-3-1)37-29-16-14-23(22-15-17-32-27(20-22)25-10-5-7-13-31(25)39-32)21-30(29)38-28-12-6-4-11-26(28)33-35-18-19-36(33)34(37)38/h1-21H. The van der Waals surface area contributed by atoms with Gasteiger partial charge in [0, 0.05) is 40.1 Å². The van der Waals surface area contributed by atoms with Crippen LogP contribution in [0.5, 0.6) is 0 Å². The number of imidazole rings is 1. The van der Waals surface area contributed by atoms with Gasteiger partial charge in [-0.25, -0.2) is 4.98 Å². The molecule has 0 atom stereocenters. The van der Waals surface area contributed by atoms with Gasteiger partial charge >= 0.3 is 7.12 Å². The number of rotatable bonds is 2. The summed E-state index contributed by atoms with van der Waals surface area (Å²) in [6.45, 7) is 0.